The fraction of sp³-hybridized carbons (Fsp3) is 0.667. The molecule has 2 aliphatic heterocycles. The van der Waals surface area contributed by atoms with Crippen molar-refractivity contribution in [3.63, 3.8) is 0 Å². The van der Waals surface area contributed by atoms with Crippen molar-refractivity contribution in [3.05, 3.63) is 35.9 Å². The first-order valence-corrected chi connectivity index (χ1v) is 9.97. The number of hydrogen-bond donors (Lipinski definition) is 0. The van der Waals surface area contributed by atoms with Crippen LogP contribution < -0.4 is 0 Å². The molecule has 1 unspecified atom stereocenters. The number of nitrogens with zero attached hydrogens (tertiary/aromatic N) is 3. The molecule has 2 saturated heterocycles. The number of likely N-dealkylation sites (tertiary alicyclic amines) is 1. The van der Waals surface area contributed by atoms with E-state index in [2.05, 4.69) is 52.0 Å². The van der Waals surface area contributed by atoms with Gasteiger partial charge in [0.05, 0.1) is 0 Å². The van der Waals surface area contributed by atoms with Crippen molar-refractivity contribution in [3.8, 4) is 0 Å². The molecule has 3 rings (SSSR count). The Morgan fingerprint density at radius 1 is 1.00 bits per heavy atom. The van der Waals surface area contributed by atoms with Crippen molar-refractivity contribution in [2.24, 2.45) is 5.92 Å². The van der Waals surface area contributed by atoms with Gasteiger partial charge in [-0.3, -0.25) is 4.79 Å². The van der Waals surface area contributed by atoms with Crippen LogP contribution in [0, 0.1) is 5.92 Å². The summed E-state index contributed by atoms with van der Waals surface area (Å²) in [4.78, 5) is 19.5. The van der Waals surface area contributed by atoms with Gasteiger partial charge in [0.15, 0.2) is 0 Å². The van der Waals surface area contributed by atoms with Gasteiger partial charge in [0.25, 0.3) is 0 Å². The molecule has 4 heteroatoms. The van der Waals surface area contributed by atoms with Crippen molar-refractivity contribution in [1.82, 2.24) is 14.7 Å². The van der Waals surface area contributed by atoms with Crippen LogP contribution in [0.5, 0.6) is 0 Å². The van der Waals surface area contributed by atoms with Gasteiger partial charge in [0, 0.05) is 58.8 Å². The minimum absolute atomic E-state index is 0.359. The molecule has 138 valence electrons. The molecule has 1 atom stereocenters. The number of amides is 1. The third-order valence-corrected chi connectivity index (χ3v) is 5.68. The van der Waals surface area contributed by atoms with Crippen LogP contribution in [-0.4, -0.2) is 73.0 Å². The summed E-state index contributed by atoms with van der Waals surface area (Å²) in [6.07, 6.45) is 4.27. The lowest BCUT2D eigenvalue weighted by Crippen LogP contribution is -2.48. The average molecular weight is 344 g/mol. The molecule has 0 aromatic heterocycles. The smallest absolute Gasteiger partial charge is 0.223 e. The van der Waals surface area contributed by atoms with E-state index >= 15 is 0 Å². The Morgan fingerprint density at radius 3 is 2.36 bits per heavy atom. The lowest BCUT2D eigenvalue weighted by molar-refractivity contribution is -0.133. The Hall–Kier alpha value is -1.39. The summed E-state index contributed by atoms with van der Waals surface area (Å²) >= 11 is 0. The lowest BCUT2D eigenvalue weighted by atomic mass is 10.00. The minimum atomic E-state index is 0.359. The predicted molar refractivity (Wildman–Crippen MR) is 103 cm³/mol. The second-order valence-corrected chi connectivity index (χ2v) is 7.76. The van der Waals surface area contributed by atoms with Crippen LogP contribution >= 0.6 is 0 Å². The van der Waals surface area contributed by atoms with E-state index in [9.17, 15) is 4.79 Å². The van der Waals surface area contributed by atoms with Crippen molar-refractivity contribution >= 4 is 5.91 Å². The van der Waals surface area contributed by atoms with Crippen LogP contribution in [-0.2, 0) is 11.2 Å². The maximum atomic E-state index is 12.4. The number of rotatable bonds is 6. The third kappa shape index (κ3) is 5.82. The van der Waals surface area contributed by atoms with Crippen molar-refractivity contribution in [1.29, 1.82) is 0 Å². The molecule has 1 aromatic rings. The van der Waals surface area contributed by atoms with E-state index in [0.717, 1.165) is 58.8 Å². The highest BCUT2D eigenvalue weighted by Crippen LogP contribution is 2.16. The zero-order valence-corrected chi connectivity index (χ0v) is 15.7. The first-order chi connectivity index (χ1) is 12.2. The normalized spacial score (nSPS) is 22.9. The molecule has 2 heterocycles. The van der Waals surface area contributed by atoms with Crippen LogP contribution in [0.1, 0.15) is 31.7 Å². The van der Waals surface area contributed by atoms with Gasteiger partial charge >= 0.3 is 0 Å². The molecular weight excluding hydrogens is 310 g/mol. The zero-order valence-electron chi connectivity index (χ0n) is 15.7. The molecule has 2 fully saturated rings. The number of piperazine rings is 1. The summed E-state index contributed by atoms with van der Waals surface area (Å²) in [6, 6.07) is 10.7. The second kappa shape index (κ2) is 9.35. The summed E-state index contributed by atoms with van der Waals surface area (Å²) in [5, 5.41) is 0. The fourth-order valence-corrected chi connectivity index (χ4v) is 4.00. The maximum Gasteiger partial charge on any atom is 0.223 e. The average Bonchev–Trinajstić information content (AvgIpc) is 2.66. The summed E-state index contributed by atoms with van der Waals surface area (Å²) < 4.78 is 0. The number of hydrogen-bond acceptors (Lipinski definition) is 3. The first kappa shape index (κ1) is 18.4. The number of carbonyl (C=O) groups excluding carboxylic acids is 1. The molecule has 0 N–H and O–H groups in total. The topological polar surface area (TPSA) is 26.8 Å². The summed E-state index contributed by atoms with van der Waals surface area (Å²) in [6.45, 7) is 10.7. The molecule has 4 nitrogen and oxygen atoms in total. The Labute approximate surface area is 152 Å². The van der Waals surface area contributed by atoms with Gasteiger partial charge in [-0.15, -0.1) is 0 Å². The summed E-state index contributed by atoms with van der Waals surface area (Å²) in [5.74, 6) is 1.03. The molecule has 1 amide bonds. The second-order valence-electron chi connectivity index (χ2n) is 7.76. The van der Waals surface area contributed by atoms with E-state index in [4.69, 9.17) is 0 Å². The highest BCUT2D eigenvalue weighted by Gasteiger charge is 2.22. The van der Waals surface area contributed by atoms with Gasteiger partial charge in [-0.05, 0) is 30.7 Å². The highest BCUT2D eigenvalue weighted by molar-refractivity contribution is 5.76. The van der Waals surface area contributed by atoms with Crippen LogP contribution in [0.3, 0.4) is 0 Å². The molecule has 2 aliphatic rings. The van der Waals surface area contributed by atoms with E-state index in [1.807, 2.05) is 0 Å². The van der Waals surface area contributed by atoms with Crippen molar-refractivity contribution < 1.29 is 4.79 Å². The summed E-state index contributed by atoms with van der Waals surface area (Å²) in [7, 11) is 0. The van der Waals surface area contributed by atoms with Crippen LogP contribution in [0.2, 0.25) is 0 Å². The summed E-state index contributed by atoms with van der Waals surface area (Å²) in [5.41, 5.74) is 1.42. The van der Waals surface area contributed by atoms with E-state index in [-0.39, 0.29) is 0 Å². The molecule has 0 bridgehead atoms. The van der Waals surface area contributed by atoms with Gasteiger partial charge in [-0.2, -0.15) is 0 Å². The lowest BCUT2D eigenvalue weighted by Gasteiger charge is -2.35. The number of carbonyl (C=O) groups is 1. The first-order valence-electron chi connectivity index (χ1n) is 9.97. The Morgan fingerprint density at radius 2 is 1.68 bits per heavy atom. The largest absolute Gasteiger partial charge is 0.342 e. The molecular formula is C21H33N3O. The quantitative estimate of drug-likeness (QED) is 0.794. The van der Waals surface area contributed by atoms with Gasteiger partial charge in [-0.25, -0.2) is 0 Å². The molecule has 0 radical (unpaired) electrons. The molecule has 0 spiro atoms. The zero-order chi connectivity index (χ0) is 17.5. The Bertz CT molecular complexity index is 525. The predicted octanol–water partition coefficient (Wildman–Crippen LogP) is 2.50. The Balaban J connectivity index is 1.32. The molecule has 0 saturated carbocycles. The van der Waals surface area contributed by atoms with Gasteiger partial charge in [0.2, 0.25) is 5.91 Å². The van der Waals surface area contributed by atoms with Gasteiger partial charge in [0.1, 0.15) is 0 Å². The van der Waals surface area contributed by atoms with Gasteiger partial charge < -0.3 is 14.7 Å². The van der Waals surface area contributed by atoms with Crippen molar-refractivity contribution in [2.75, 3.05) is 52.4 Å². The Kier molecular flexibility index (Phi) is 6.88. The third-order valence-electron chi connectivity index (χ3n) is 5.68. The van der Waals surface area contributed by atoms with Crippen molar-refractivity contribution in [2.45, 2.75) is 32.6 Å². The van der Waals surface area contributed by atoms with Crippen LogP contribution in [0.4, 0.5) is 0 Å². The molecule has 0 aliphatic carbocycles. The minimum Gasteiger partial charge on any atom is -0.342 e. The van der Waals surface area contributed by atoms with Crippen LogP contribution in [0.15, 0.2) is 30.3 Å². The molecule has 1 aromatic carbocycles. The van der Waals surface area contributed by atoms with E-state index in [1.165, 1.54) is 18.4 Å². The van der Waals surface area contributed by atoms with E-state index < -0.39 is 0 Å². The van der Waals surface area contributed by atoms with Gasteiger partial charge in [-0.1, -0.05) is 37.3 Å². The highest BCUT2D eigenvalue weighted by atomic mass is 16.2. The molecule has 25 heavy (non-hydrogen) atoms. The van der Waals surface area contributed by atoms with E-state index in [1.54, 1.807) is 0 Å². The number of benzene rings is 1. The number of piperidine rings is 1. The maximum absolute atomic E-state index is 12.4. The monoisotopic (exact) mass is 343 g/mol. The fourth-order valence-electron chi connectivity index (χ4n) is 4.00. The standard InChI is InChI=1S/C21H33N3O/c1-19-6-5-11-24(18-19)21(25)10-13-23-16-14-22(15-17-23)12-9-20-7-3-2-4-8-20/h2-4,7-8,19H,5-6,9-18H2,1H3. The van der Waals surface area contributed by atoms with Crippen LogP contribution in [0.25, 0.3) is 0 Å². The van der Waals surface area contributed by atoms with E-state index in [0.29, 0.717) is 18.2 Å². The SMILES string of the molecule is CC1CCCN(C(=O)CCN2CCN(CCc3ccccc3)CC2)C1.